The first-order chi connectivity index (χ1) is 7.59. The van der Waals surface area contributed by atoms with Crippen molar-refractivity contribution in [3.63, 3.8) is 0 Å². The lowest BCUT2D eigenvalue weighted by atomic mass is 10.2. The predicted octanol–water partition coefficient (Wildman–Crippen LogP) is 0.966. The van der Waals surface area contributed by atoms with Gasteiger partial charge in [-0.1, -0.05) is 6.08 Å². The minimum absolute atomic E-state index is 0.192. The Bertz CT molecular complexity index is 308. The predicted molar refractivity (Wildman–Crippen MR) is 66.9 cm³/mol. The Morgan fingerprint density at radius 3 is 2.62 bits per heavy atom. The fourth-order valence-electron chi connectivity index (χ4n) is 1.93. The zero-order chi connectivity index (χ0) is 12.0. The lowest BCUT2D eigenvalue weighted by molar-refractivity contribution is 0.427. The fraction of sp³-hybridized carbons (Fsp3) is 0.818. The van der Waals surface area contributed by atoms with Gasteiger partial charge in [0.15, 0.2) is 0 Å². The van der Waals surface area contributed by atoms with Crippen LogP contribution in [0.4, 0.5) is 0 Å². The number of nitrogens with zero attached hydrogens (tertiary/aromatic N) is 1. The smallest absolute Gasteiger partial charge is 0.216 e. The summed E-state index contributed by atoms with van der Waals surface area (Å²) in [5.41, 5.74) is 0. The molecule has 0 aromatic carbocycles. The van der Waals surface area contributed by atoms with Gasteiger partial charge < -0.3 is 5.32 Å². The van der Waals surface area contributed by atoms with Gasteiger partial charge in [0.2, 0.25) is 10.0 Å². The molecule has 1 saturated heterocycles. The van der Waals surface area contributed by atoms with Gasteiger partial charge in [-0.15, -0.1) is 6.58 Å². The van der Waals surface area contributed by atoms with Gasteiger partial charge in [-0.2, -0.15) is 0 Å². The minimum Gasteiger partial charge on any atom is -0.317 e. The molecule has 0 spiro atoms. The molecule has 1 aliphatic rings. The molecule has 0 aliphatic carbocycles. The molecule has 94 valence electrons. The van der Waals surface area contributed by atoms with Crippen molar-refractivity contribution >= 4 is 10.0 Å². The first kappa shape index (κ1) is 13.7. The Balaban J connectivity index is 2.50. The Labute approximate surface area is 98.8 Å². The number of allylic oxidation sites excluding steroid dienone is 1. The molecule has 16 heavy (non-hydrogen) atoms. The van der Waals surface area contributed by atoms with Gasteiger partial charge in [-0.3, -0.25) is 0 Å². The van der Waals surface area contributed by atoms with Crippen LogP contribution in [0.3, 0.4) is 0 Å². The summed E-state index contributed by atoms with van der Waals surface area (Å²) in [4.78, 5) is 0. The van der Waals surface area contributed by atoms with Gasteiger partial charge in [0.05, 0.1) is 5.25 Å². The molecule has 0 atom stereocenters. The summed E-state index contributed by atoms with van der Waals surface area (Å²) < 4.78 is 25.8. The molecule has 0 unspecified atom stereocenters. The van der Waals surface area contributed by atoms with Gasteiger partial charge in [0.25, 0.3) is 0 Å². The van der Waals surface area contributed by atoms with Gasteiger partial charge in [-0.05, 0) is 38.8 Å². The highest BCUT2D eigenvalue weighted by molar-refractivity contribution is 7.89. The molecule has 1 heterocycles. The Morgan fingerprint density at radius 1 is 1.44 bits per heavy atom. The lowest BCUT2D eigenvalue weighted by Gasteiger charge is -2.27. The third-order valence-corrected chi connectivity index (χ3v) is 5.39. The van der Waals surface area contributed by atoms with E-state index >= 15 is 0 Å². The normalized spacial score (nSPS) is 18.9. The average molecular weight is 246 g/mol. The van der Waals surface area contributed by atoms with Crippen LogP contribution in [0.15, 0.2) is 12.7 Å². The van der Waals surface area contributed by atoms with Crippen molar-refractivity contribution in [3.05, 3.63) is 12.7 Å². The topological polar surface area (TPSA) is 49.4 Å². The monoisotopic (exact) mass is 246 g/mol. The molecule has 5 heteroatoms. The van der Waals surface area contributed by atoms with Crippen LogP contribution in [-0.2, 0) is 10.0 Å². The van der Waals surface area contributed by atoms with E-state index in [-0.39, 0.29) is 5.25 Å². The maximum atomic E-state index is 12.2. The van der Waals surface area contributed by atoms with Crippen LogP contribution in [-0.4, -0.2) is 44.7 Å². The van der Waals surface area contributed by atoms with Crippen LogP contribution in [0.5, 0.6) is 0 Å². The average Bonchev–Trinajstić information content (AvgIpc) is 2.30. The van der Waals surface area contributed by atoms with Gasteiger partial charge in [0.1, 0.15) is 0 Å². The van der Waals surface area contributed by atoms with E-state index in [4.69, 9.17) is 0 Å². The molecule has 1 rings (SSSR count). The Kier molecular flexibility index (Phi) is 5.44. The molecule has 1 fully saturated rings. The molecule has 0 saturated carbocycles. The van der Waals surface area contributed by atoms with E-state index in [1.54, 1.807) is 7.05 Å². The van der Waals surface area contributed by atoms with E-state index in [0.717, 1.165) is 38.8 Å². The fourth-order valence-corrected chi connectivity index (χ4v) is 3.66. The highest BCUT2D eigenvalue weighted by atomic mass is 32.2. The van der Waals surface area contributed by atoms with Crippen LogP contribution in [0.1, 0.15) is 25.7 Å². The van der Waals surface area contributed by atoms with Crippen molar-refractivity contribution in [2.45, 2.75) is 30.9 Å². The second-order valence-corrected chi connectivity index (χ2v) is 6.57. The van der Waals surface area contributed by atoms with E-state index in [2.05, 4.69) is 11.9 Å². The van der Waals surface area contributed by atoms with Crippen LogP contribution in [0, 0.1) is 0 Å². The summed E-state index contributed by atoms with van der Waals surface area (Å²) in [6, 6.07) is 0. The summed E-state index contributed by atoms with van der Waals surface area (Å²) >= 11 is 0. The van der Waals surface area contributed by atoms with E-state index in [1.807, 2.05) is 6.08 Å². The largest absolute Gasteiger partial charge is 0.317 e. The van der Waals surface area contributed by atoms with E-state index < -0.39 is 10.0 Å². The lowest BCUT2D eigenvalue weighted by Crippen LogP contribution is -2.42. The maximum Gasteiger partial charge on any atom is 0.216 e. The first-order valence-electron chi connectivity index (χ1n) is 5.86. The number of hydrogen-bond donors (Lipinski definition) is 1. The van der Waals surface area contributed by atoms with Gasteiger partial charge >= 0.3 is 0 Å². The third kappa shape index (κ3) is 3.57. The quantitative estimate of drug-likeness (QED) is 0.561. The SMILES string of the molecule is C=CCCCN(C)S(=O)(=O)C1CCNCC1. The first-order valence-corrected chi connectivity index (χ1v) is 7.36. The summed E-state index contributed by atoms with van der Waals surface area (Å²) in [6.45, 7) is 5.85. The molecular weight excluding hydrogens is 224 g/mol. The van der Waals surface area contributed by atoms with Gasteiger partial charge in [0, 0.05) is 13.6 Å². The standard InChI is InChI=1S/C11H22N2O2S/c1-3-4-5-10-13(2)16(14,15)11-6-8-12-9-7-11/h3,11-12H,1,4-10H2,2H3. The van der Waals surface area contributed by atoms with Gasteiger partial charge in [-0.25, -0.2) is 12.7 Å². The molecule has 0 amide bonds. The summed E-state index contributed by atoms with van der Waals surface area (Å²) in [7, 11) is -1.40. The van der Waals surface area contributed by atoms with Crippen molar-refractivity contribution in [1.29, 1.82) is 0 Å². The third-order valence-electron chi connectivity index (χ3n) is 3.02. The zero-order valence-corrected chi connectivity index (χ0v) is 10.8. The van der Waals surface area contributed by atoms with Crippen LogP contribution < -0.4 is 5.32 Å². The van der Waals surface area contributed by atoms with Crippen LogP contribution in [0.25, 0.3) is 0 Å². The molecule has 4 nitrogen and oxygen atoms in total. The number of sulfonamides is 1. The molecule has 0 aromatic rings. The molecule has 0 aromatic heterocycles. The molecule has 0 bridgehead atoms. The molecule has 0 radical (unpaired) electrons. The van der Waals surface area contributed by atoms with E-state index in [1.165, 1.54) is 4.31 Å². The molecule has 1 aliphatic heterocycles. The van der Waals surface area contributed by atoms with Crippen molar-refractivity contribution in [2.24, 2.45) is 0 Å². The number of hydrogen-bond acceptors (Lipinski definition) is 3. The summed E-state index contributed by atoms with van der Waals surface area (Å²) in [6.07, 6.45) is 5.00. The highest BCUT2D eigenvalue weighted by Crippen LogP contribution is 2.17. The minimum atomic E-state index is -3.08. The molecule has 1 N–H and O–H groups in total. The van der Waals surface area contributed by atoms with Crippen molar-refractivity contribution in [3.8, 4) is 0 Å². The number of unbranched alkanes of at least 4 members (excludes halogenated alkanes) is 1. The summed E-state index contributed by atoms with van der Waals surface area (Å²) in [5, 5.41) is 2.99. The number of nitrogens with one attached hydrogen (secondary N) is 1. The zero-order valence-electron chi connectivity index (χ0n) is 9.98. The van der Waals surface area contributed by atoms with Crippen molar-refractivity contribution in [2.75, 3.05) is 26.7 Å². The maximum absolute atomic E-state index is 12.2. The number of rotatable bonds is 6. The van der Waals surface area contributed by atoms with E-state index in [9.17, 15) is 8.42 Å². The second kappa shape index (κ2) is 6.37. The number of piperidine rings is 1. The van der Waals surface area contributed by atoms with Crippen LogP contribution in [0.2, 0.25) is 0 Å². The second-order valence-electron chi connectivity index (χ2n) is 4.25. The Morgan fingerprint density at radius 2 is 2.06 bits per heavy atom. The highest BCUT2D eigenvalue weighted by Gasteiger charge is 2.30. The van der Waals surface area contributed by atoms with E-state index in [0.29, 0.717) is 6.54 Å². The molecular formula is C11H22N2O2S. The Hall–Kier alpha value is -0.390. The summed E-state index contributed by atoms with van der Waals surface area (Å²) in [5.74, 6) is 0. The van der Waals surface area contributed by atoms with Crippen LogP contribution >= 0.6 is 0 Å². The van der Waals surface area contributed by atoms with Crippen molar-refractivity contribution in [1.82, 2.24) is 9.62 Å². The van der Waals surface area contributed by atoms with Crippen molar-refractivity contribution < 1.29 is 8.42 Å².